The molecular formula is C27H47NO2S. The lowest BCUT2D eigenvalue weighted by molar-refractivity contribution is 0.139. The summed E-state index contributed by atoms with van der Waals surface area (Å²) in [4.78, 5) is 2.63. The van der Waals surface area contributed by atoms with Crippen molar-refractivity contribution in [1.82, 2.24) is 4.90 Å². The van der Waals surface area contributed by atoms with E-state index in [4.69, 9.17) is 0 Å². The molecule has 0 spiro atoms. The quantitative estimate of drug-likeness (QED) is 0.281. The fourth-order valence-corrected chi connectivity index (χ4v) is 6.89. The largest absolute Gasteiger partial charge is 0.392 e. The lowest BCUT2D eigenvalue weighted by Crippen LogP contribution is -2.31. The first-order valence-corrected chi connectivity index (χ1v) is 14.3. The van der Waals surface area contributed by atoms with E-state index in [1.54, 1.807) is 5.57 Å². The van der Waals surface area contributed by atoms with Crippen molar-refractivity contribution >= 4 is 11.8 Å². The Bertz CT molecular complexity index is 572. The van der Waals surface area contributed by atoms with E-state index in [-0.39, 0.29) is 18.1 Å². The molecule has 0 bridgehead atoms. The summed E-state index contributed by atoms with van der Waals surface area (Å²) in [5, 5.41) is 21.0. The van der Waals surface area contributed by atoms with E-state index in [1.807, 2.05) is 6.08 Å². The summed E-state index contributed by atoms with van der Waals surface area (Å²) in [7, 11) is 0. The molecule has 6 atom stereocenters. The van der Waals surface area contributed by atoms with Gasteiger partial charge in [0, 0.05) is 18.2 Å². The van der Waals surface area contributed by atoms with E-state index in [2.05, 4.69) is 42.7 Å². The molecule has 2 N–H and O–H groups in total. The van der Waals surface area contributed by atoms with Gasteiger partial charge in [-0.2, -0.15) is 11.8 Å². The average molecular weight is 450 g/mol. The van der Waals surface area contributed by atoms with E-state index < -0.39 is 0 Å². The third-order valence-electron chi connectivity index (χ3n) is 7.77. The van der Waals surface area contributed by atoms with Gasteiger partial charge in [-0.3, -0.25) is 0 Å². The predicted molar refractivity (Wildman–Crippen MR) is 134 cm³/mol. The summed E-state index contributed by atoms with van der Waals surface area (Å²) in [6.45, 7) is 8.33. The van der Waals surface area contributed by atoms with Crippen LogP contribution in [0.5, 0.6) is 0 Å². The van der Waals surface area contributed by atoms with Crippen LogP contribution in [-0.2, 0) is 0 Å². The smallest absolute Gasteiger partial charge is 0.0723 e. The molecule has 31 heavy (non-hydrogen) atoms. The molecule has 1 saturated carbocycles. The summed E-state index contributed by atoms with van der Waals surface area (Å²) < 4.78 is 0. The first kappa shape index (κ1) is 25.3. The maximum absolute atomic E-state index is 10.6. The Morgan fingerprint density at radius 2 is 2.03 bits per heavy atom. The van der Waals surface area contributed by atoms with Crippen LogP contribution in [0.25, 0.3) is 0 Å². The molecule has 3 aliphatic rings. The first-order chi connectivity index (χ1) is 15.1. The molecule has 3 nitrogen and oxygen atoms in total. The van der Waals surface area contributed by atoms with Crippen LogP contribution >= 0.6 is 11.8 Å². The van der Waals surface area contributed by atoms with Crippen molar-refractivity contribution in [3.05, 3.63) is 23.8 Å². The molecule has 0 aromatic rings. The van der Waals surface area contributed by atoms with E-state index in [0.717, 1.165) is 19.3 Å². The van der Waals surface area contributed by atoms with Crippen molar-refractivity contribution < 1.29 is 10.2 Å². The summed E-state index contributed by atoms with van der Waals surface area (Å²) in [5.41, 5.74) is 1.61. The maximum Gasteiger partial charge on any atom is 0.0723 e. The molecule has 1 saturated heterocycles. The van der Waals surface area contributed by atoms with Gasteiger partial charge in [0.25, 0.3) is 0 Å². The highest BCUT2D eigenvalue weighted by Gasteiger charge is 2.43. The third-order valence-corrected chi connectivity index (χ3v) is 8.73. The fraction of sp³-hybridized carbons (Fsp3) is 0.852. The Morgan fingerprint density at radius 1 is 1.23 bits per heavy atom. The van der Waals surface area contributed by atoms with Crippen LogP contribution in [-0.4, -0.2) is 58.5 Å². The lowest BCUT2D eigenvalue weighted by Gasteiger charge is -2.26. The van der Waals surface area contributed by atoms with Crippen molar-refractivity contribution in [2.75, 3.05) is 31.1 Å². The lowest BCUT2D eigenvalue weighted by atomic mass is 9.88. The normalized spacial score (nSPS) is 31.2. The monoisotopic (exact) mass is 449 g/mol. The molecule has 0 aromatic heterocycles. The van der Waals surface area contributed by atoms with Gasteiger partial charge in [-0.05, 0) is 75.1 Å². The SMILES string of the molecule is CCCC[C@H](C)C[C@H](O)C=C[C@@H]1[C@H]2CC(CCSCCN3CCCCC3)=C[C@H]2C[C@H]1O. The molecule has 2 aliphatic carbocycles. The molecule has 0 amide bonds. The second kappa shape index (κ2) is 13.4. The van der Waals surface area contributed by atoms with Crippen LogP contribution in [0.15, 0.2) is 23.8 Å². The maximum atomic E-state index is 10.6. The first-order valence-electron chi connectivity index (χ1n) is 13.1. The minimum Gasteiger partial charge on any atom is -0.392 e. The standard InChI is InChI=1S/C27H47NO2S/c1-3-4-8-21(2)17-24(29)9-10-25-26-19-22(18-23(26)20-27(25)30)11-15-31-16-14-28-12-6-5-7-13-28/h9-10,18,21,23-27,29-30H,3-8,11-17,19-20H2,1-2H3/t21-,23-,24+,25+,26-,27+/m0/s1. The van der Waals surface area contributed by atoms with Gasteiger partial charge in [0.15, 0.2) is 0 Å². The topological polar surface area (TPSA) is 43.7 Å². The van der Waals surface area contributed by atoms with Gasteiger partial charge in [0.1, 0.15) is 0 Å². The number of piperidine rings is 1. The van der Waals surface area contributed by atoms with Gasteiger partial charge < -0.3 is 15.1 Å². The summed E-state index contributed by atoms with van der Waals surface area (Å²) in [5.74, 6) is 4.36. The molecule has 2 fully saturated rings. The summed E-state index contributed by atoms with van der Waals surface area (Å²) in [6.07, 6.45) is 17.9. The van der Waals surface area contributed by atoms with Gasteiger partial charge in [0.05, 0.1) is 12.2 Å². The van der Waals surface area contributed by atoms with E-state index in [0.29, 0.717) is 17.8 Å². The van der Waals surface area contributed by atoms with Gasteiger partial charge in [-0.1, -0.05) is 63.3 Å². The van der Waals surface area contributed by atoms with E-state index in [1.165, 1.54) is 76.1 Å². The number of allylic oxidation sites excluding steroid dienone is 2. The van der Waals surface area contributed by atoms with Crippen LogP contribution < -0.4 is 0 Å². The molecule has 0 radical (unpaired) electrons. The van der Waals surface area contributed by atoms with Gasteiger partial charge in [0.2, 0.25) is 0 Å². The number of likely N-dealkylation sites (tertiary alicyclic amines) is 1. The van der Waals surface area contributed by atoms with E-state index in [9.17, 15) is 10.2 Å². The van der Waals surface area contributed by atoms with Gasteiger partial charge >= 0.3 is 0 Å². The Morgan fingerprint density at radius 3 is 2.81 bits per heavy atom. The Balaban J connectivity index is 1.35. The van der Waals surface area contributed by atoms with E-state index >= 15 is 0 Å². The van der Waals surface area contributed by atoms with Crippen molar-refractivity contribution in [3.63, 3.8) is 0 Å². The zero-order chi connectivity index (χ0) is 22.1. The second-order valence-corrected chi connectivity index (χ2v) is 11.7. The molecule has 3 rings (SSSR count). The number of nitrogens with zero attached hydrogens (tertiary/aromatic N) is 1. The second-order valence-electron chi connectivity index (χ2n) is 10.4. The van der Waals surface area contributed by atoms with Crippen LogP contribution in [0.4, 0.5) is 0 Å². The number of hydrogen-bond acceptors (Lipinski definition) is 4. The number of thioether (sulfide) groups is 1. The highest BCUT2D eigenvalue weighted by Crippen LogP contribution is 2.48. The molecule has 178 valence electrons. The summed E-state index contributed by atoms with van der Waals surface area (Å²) >= 11 is 2.11. The number of aliphatic hydroxyl groups is 2. The Hall–Kier alpha value is -0.290. The average Bonchev–Trinajstić information content (AvgIpc) is 3.27. The number of hydrogen-bond donors (Lipinski definition) is 2. The third kappa shape index (κ3) is 8.21. The number of fused-ring (bicyclic) bond motifs is 1. The minimum absolute atomic E-state index is 0.214. The van der Waals surface area contributed by atoms with Crippen molar-refractivity contribution in [1.29, 1.82) is 0 Å². The molecule has 0 unspecified atom stereocenters. The Kier molecular flexibility index (Phi) is 11.0. The molecule has 1 aliphatic heterocycles. The van der Waals surface area contributed by atoms with Crippen LogP contribution in [0.3, 0.4) is 0 Å². The van der Waals surface area contributed by atoms with Crippen LogP contribution in [0.1, 0.15) is 78.1 Å². The highest BCUT2D eigenvalue weighted by atomic mass is 32.2. The van der Waals surface area contributed by atoms with Crippen LogP contribution in [0, 0.1) is 23.7 Å². The highest BCUT2D eigenvalue weighted by molar-refractivity contribution is 7.99. The Labute approximate surface area is 195 Å². The number of aliphatic hydroxyl groups excluding tert-OH is 2. The summed E-state index contributed by atoms with van der Waals surface area (Å²) in [6, 6.07) is 0. The van der Waals surface area contributed by atoms with Gasteiger partial charge in [-0.25, -0.2) is 0 Å². The number of rotatable bonds is 13. The van der Waals surface area contributed by atoms with Gasteiger partial charge in [-0.15, -0.1) is 0 Å². The van der Waals surface area contributed by atoms with Crippen molar-refractivity contribution in [3.8, 4) is 0 Å². The molecule has 0 aromatic carbocycles. The zero-order valence-electron chi connectivity index (χ0n) is 20.1. The van der Waals surface area contributed by atoms with Crippen molar-refractivity contribution in [2.45, 2.75) is 90.3 Å². The number of unbranched alkanes of at least 4 members (excludes halogenated alkanes) is 1. The van der Waals surface area contributed by atoms with Crippen molar-refractivity contribution in [2.24, 2.45) is 23.7 Å². The molecule has 4 heteroatoms. The molecule has 1 heterocycles. The molecular weight excluding hydrogens is 402 g/mol. The predicted octanol–water partition coefficient (Wildman–Crippen LogP) is 5.67. The minimum atomic E-state index is -0.372. The fourth-order valence-electron chi connectivity index (χ4n) is 5.89. The zero-order valence-corrected chi connectivity index (χ0v) is 20.9. The van der Waals surface area contributed by atoms with Crippen LogP contribution in [0.2, 0.25) is 0 Å².